The van der Waals surface area contributed by atoms with E-state index in [1.165, 1.54) is 7.11 Å². The number of halogens is 1. The molecule has 0 aromatic carbocycles. The van der Waals surface area contributed by atoms with E-state index in [9.17, 15) is 0 Å². The molecule has 4 nitrogen and oxygen atoms in total. The molecular weight excluding hydrogens is 131 g/mol. The van der Waals surface area contributed by atoms with Crippen LogP contribution in [0.4, 0.5) is 0 Å². The Morgan fingerprint density at radius 2 is 2.12 bits per heavy atom. The van der Waals surface area contributed by atoms with E-state index < -0.39 is 0 Å². The van der Waals surface area contributed by atoms with Crippen molar-refractivity contribution in [3.63, 3.8) is 0 Å². The Labute approximate surface area is 53.0 Å². The first kappa shape index (κ1) is 8.13. The molecule has 0 radical (unpaired) electrons. The number of hydrazine groups is 1. The highest BCUT2D eigenvalue weighted by Crippen LogP contribution is 1.89. The third kappa shape index (κ3) is 6.13. The molecule has 8 heavy (non-hydrogen) atoms. The summed E-state index contributed by atoms with van der Waals surface area (Å²) in [6, 6.07) is 0. The highest BCUT2D eigenvalue weighted by atomic mass is 35.5. The second kappa shape index (κ2) is 5.27. The Bertz CT molecular complexity index is 52.5. The minimum absolute atomic E-state index is 0.377. The first-order valence-corrected chi connectivity index (χ1v) is 2.53. The van der Waals surface area contributed by atoms with Crippen LogP contribution in [0.25, 0.3) is 0 Å². The predicted octanol–water partition coefficient (Wildman–Crippen LogP) is 0.158. The van der Waals surface area contributed by atoms with Gasteiger partial charge in [-0.1, -0.05) is 11.6 Å². The number of alkyl halides is 1. The van der Waals surface area contributed by atoms with Gasteiger partial charge in [-0.25, -0.2) is 0 Å². The highest BCUT2D eigenvalue weighted by molar-refractivity contribution is 6.19. The van der Waals surface area contributed by atoms with Crippen molar-refractivity contribution >= 4 is 11.6 Å². The average molecular weight is 141 g/mol. The molecule has 0 rings (SSSR count). The molecule has 0 spiro atoms. The van der Waals surface area contributed by atoms with Gasteiger partial charge >= 0.3 is 0 Å². The van der Waals surface area contributed by atoms with Gasteiger partial charge in [0.05, 0.1) is 7.11 Å². The van der Waals surface area contributed by atoms with Crippen molar-refractivity contribution < 1.29 is 9.68 Å². The molecule has 0 aliphatic carbocycles. The topological polar surface area (TPSA) is 42.5 Å². The number of rotatable bonds is 4. The lowest BCUT2D eigenvalue weighted by atomic mass is 10.9. The molecule has 0 aromatic rings. The fourth-order valence-corrected chi connectivity index (χ4v) is 0.191. The van der Waals surface area contributed by atoms with Crippen molar-refractivity contribution in [3.05, 3.63) is 0 Å². The normalized spacial score (nSPS) is 13.9. The van der Waals surface area contributed by atoms with E-state index in [0.717, 1.165) is 0 Å². The first-order valence-electron chi connectivity index (χ1n) is 2.10. The second-order valence-corrected chi connectivity index (χ2v) is 1.68. The molecule has 0 bridgehead atoms. The van der Waals surface area contributed by atoms with Gasteiger partial charge in [-0.15, -0.1) is 11.2 Å². The fourth-order valence-electron chi connectivity index (χ4n) is 0.147. The van der Waals surface area contributed by atoms with Crippen molar-refractivity contribution in [2.24, 2.45) is 0 Å². The minimum atomic E-state index is -0.377. The monoisotopic (exact) mass is 140 g/mol. The van der Waals surface area contributed by atoms with Crippen LogP contribution >= 0.6 is 11.6 Å². The van der Waals surface area contributed by atoms with Crippen molar-refractivity contribution in [1.82, 2.24) is 11.2 Å². The molecule has 0 saturated carbocycles. The van der Waals surface area contributed by atoms with Gasteiger partial charge in [-0.05, 0) is 6.92 Å². The van der Waals surface area contributed by atoms with Gasteiger partial charge in [0.1, 0.15) is 0 Å². The van der Waals surface area contributed by atoms with E-state index in [2.05, 4.69) is 20.9 Å². The second-order valence-electron chi connectivity index (χ2n) is 1.07. The molecule has 1 unspecified atom stereocenters. The maximum absolute atomic E-state index is 5.33. The van der Waals surface area contributed by atoms with E-state index in [1.807, 2.05) is 0 Å². The van der Waals surface area contributed by atoms with E-state index in [0.29, 0.717) is 0 Å². The van der Waals surface area contributed by atoms with Crippen LogP contribution in [0.2, 0.25) is 0 Å². The van der Waals surface area contributed by atoms with Gasteiger partial charge in [-0.2, -0.15) is 0 Å². The lowest BCUT2D eigenvalue weighted by molar-refractivity contribution is -0.0988. The maximum atomic E-state index is 5.33. The van der Waals surface area contributed by atoms with Gasteiger partial charge in [0, 0.05) is 0 Å². The molecule has 2 N–H and O–H groups in total. The van der Waals surface area contributed by atoms with Gasteiger partial charge in [0.2, 0.25) is 0 Å². The van der Waals surface area contributed by atoms with Crippen molar-refractivity contribution in [2.45, 2.75) is 12.5 Å². The van der Waals surface area contributed by atoms with E-state index in [-0.39, 0.29) is 5.56 Å². The first-order chi connectivity index (χ1) is 3.77. The van der Waals surface area contributed by atoms with E-state index >= 15 is 0 Å². The Balaban J connectivity index is 2.72. The van der Waals surface area contributed by atoms with Crippen LogP contribution in [-0.4, -0.2) is 12.7 Å². The average Bonchev–Trinajstić information content (AvgIpc) is 1.66. The summed E-state index contributed by atoms with van der Waals surface area (Å²) in [4.78, 5) is 8.91. The molecule has 0 fully saturated rings. The summed E-state index contributed by atoms with van der Waals surface area (Å²) in [6.07, 6.45) is 0. The predicted molar refractivity (Wildman–Crippen MR) is 29.7 cm³/mol. The molecule has 50 valence electrons. The van der Waals surface area contributed by atoms with E-state index in [4.69, 9.17) is 11.6 Å². The lowest BCUT2D eigenvalue weighted by Gasteiger charge is -2.04. The molecule has 0 amide bonds. The molecule has 0 heterocycles. The fraction of sp³-hybridized carbons (Fsp3) is 1.00. The van der Waals surface area contributed by atoms with Crippen molar-refractivity contribution in [2.75, 3.05) is 7.11 Å². The summed E-state index contributed by atoms with van der Waals surface area (Å²) in [5, 5.41) is 0. The van der Waals surface area contributed by atoms with Gasteiger partial charge < -0.3 is 0 Å². The zero-order chi connectivity index (χ0) is 6.41. The summed E-state index contributed by atoms with van der Waals surface area (Å²) in [7, 11) is 1.45. The number of hydrogen-bond donors (Lipinski definition) is 2. The lowest BCUT2D eigenvalue weighted by Crippen LogP contribution is -2.32. The van der Waals surface area contributed by atoms with E-state index in [1.54, 1.807) is 6.92 Å². The van der Waals surface area contributed by atoms with Crippen LogP contribution in [0.5, 0.6) is 0 Å². The Kier molecular flexibility index (Phi) is 5.36. The largest absolute Gasteiger partial charge is 0.288 e. The van der Waals surface area contributed by atoms with Gasteiger partial charge in [0.15, 0.2) is 5.56 Å². The highest BCUT2D eigenvalue weighted by Gasteiger charge is 1.90. The molecule has 5 heteroatoms. The van der Waals surface area contributed by atoms with Crippen molar-refractivity contribution in [1.29, 1.82) is 0 Å². The van der Waals surface area contributed by atoms with Gasteiger partial charge in [0.25, 0.3) is 0 Å². The quantitative estimate of drug-likeness (QED) is 0.332. The van der Waals surface area contributed by atoms with Crippen LogP contribution < -0.4 is 11.2 Å². The zero-order valence-electron chi connectivity index (χ0n) is 4.77. The zero-order valence-corrected chi connectivity index (χ0v) is 5.53. The van der Waals surface area contributed by atoms with Crippen LogP contribution in [0.3, 0.4) is 0 Å². The van der Waals surface area contributed by atoms with Crippen LogP contribution in [0.15, 0.2) is 0 Å². The molecule has 1 atom stereocenters. The summed E-state index contributed by atoms with van der Waals surface area (Å²) >= 11 is 5.33. The van der Waals surface area contributed by atoms with Gasteiger partial charge in [-0.3, -0.25) is 9.68 Å². The minimum Gasteiger partial charge on any atom is -0.288 e. The summed E-state index contributed by atoms with van der Waals surface area (Å²) in [6.45, 7) is 1.67. The molecule has 0 aromatic heterocycles. The molecule has 0 saturated heterocycles. The Hall–Kier alpha value is 0.130. The van der Waals surface area contributed by atoms with Crippen LogP contribution in [-0.2, 0) is 9.68 Å². The smallest absolute Gasteiger partial charge is 0.151 e. The number of nitrogens with one attached hydrogen (secondary N) is 2. The summed E-state index contributed by atoms with van der Waals surface area (Å²) in [5.41, 5.74) is 4.08. The molecule has 0 aliphatic rings. The SMILES string of the molecule is CONNOC(C)Cl. The standard InChI is InChI=1S/C3H9ClN2O2/c1-3(4)8-6-5-7-2/h3,5-6H,1-2H3. The third-order valence-corrected chi connectivity index (χ3v) is 0.454. The maximum Gasteiger partial charge on any atom is 0.151 e. The van der Waals surface area contributed by atoms with Crippen LogP contribution in [0, 0.1) is 0 Å². The summed E-state index contributed by atoms with van der Waals surface area (Å²) in [5.74, 6) is 0. The molecular formula is C3H9ClN2O2. The van der Waals surface area contributed by atoms with Crippen molar-refractivity contribution in [3.8, 4) is 0 Å². The Morgan fingerprint density at radius 1 is 1.50 bits per heavy atom. The third-order valence-electron chi connectivity index (χ3n) is 0.365. The Morgan fingerprint density at radius 3 is 2.50 bits per heavy atom. The number of hydrogen-bond acceptors (Lipinski definition) is 4. The molecule has 0 aliphatic heterocycles. The van der Waals surface area contributed by atoms with Crippen LogP contribution in [0.1, 0.15) is 6.92 Å². The summed E-state index contributed by atoms with van der Waals surface area (Å²) < 4.78 is 0.